The Morgan fingerprint density at radius 2 is 2.78 bits per heavy atom. The Labute approximate surface area is 57.9 Å². The maximum atomic E-state index is 4.64. The number of nitrogens with zero attached hydrogens (tertiary/aromatic N) is 1. The van der Waals surface area contributed by atoms with E-state index in [0.717, 1.165) is 0 Å². The molecule has 1 rings (SSSR count). The van der Waals surface area contributed by atoms with Crippen LogP contribution in [0.3, 0.4) is 0 Å². The van der Waals surface area contributed by atoms with E-state index in [1.165, 1.54) is 0 Å². The first-order valence-corrected chi connectivity index (χ1v) is 2.86. The van der Waals surface area contributed by atoms with Gasteiger partial charge >= 0.3 is 0 Å². The zero-order valence-corrected chi connectivity index (χ0v) is 5.48. The third kappa shape index (κ3) is 1.93. The molecule has 0 saturated heterocycles. The van der Waals surface area contributed by atoms with Crippen LogP contribution in [0.15, 0.2) is 16.8 Å². The lowest BCUT2D eigenvalue weighted by atomic mass is 10.5. The average Bonchev–Trinajstić information content (AvgIpc) is 2.34. The number of rotatable bonds is 2. The maximum Gasteiger partial charge on any atom is 0.163 e. The van der Waals surface area contributed by atoms with Crippen LogP contribution < -0.4 is 0 Å². The molecule has 0 unspecified atom stereocenters. The van der Waals surface area contributed by atoms with Crippen molar-refractivity contribution in [1.82, 2.24) is 0 Å². The third-order valence-corrected chi connectivity index (χ3v) is 0.974. The van der Waals surface area contributed by atoms with E-state index in [0.29, 0.717) is 18.9 Å². The van der Waals surface area contributed by atoms with Crippen LogP contribution in [-0.2, 0) is 9.78 Å². The summed E-state index contributed by atoms with van der Waals surface area (Å²) in [5, 5.41) is 2.23. The van der Waals surface area contributed by atoms with Gasteiger partial charge in [0, 0.05) is 0 Å². The van der Waals surface area contributed by atoms with Crippen LogP contribution in [0.2, 0.25) is 0 Å². The number of isothiocyanates is 1. The highest BCUT2D eigenvalue weighted by atomic mass is 32.1. The van der Waals surface area contributed by atoms with E-state index in [2.05, 4.69) is 32.1 Å². The predicted octanol–water partition coefficient (Wildman–Crippen LogP) is 0.935. The van der Waals surface area contributed by atoms with E-state index < -0.39 is 0 Å². The van der Waals surface area contributed by atoms with Gasteiger partial charge in [0.25, 0.3) is 0 Å². The molecule has 0 aromatic heterocycles. The topological polar surface area (TPSA) is 30.8 Å². The number of thiocarbonyl (C=S) groups is 1. The molecule has 1 heterocycles. The number of hydrogen-bond acceptors (Lipinski definition) is 4. The van der Waals surface area contributed by atoms with Gasteiger partial charge < -0.3 is 4.89 Å². The molecule has 0 aromatic rings. The monoisotopic (exact) mass is 143 g/mol. The van der Waals surface area contributed by atoms with Crippen molar-refractivity contribution in [2.24, 2.45) is 4.99 Å². The molecule has 0 spiro atoms. The molecule has 0 fully saturated rings. The van der Waals surface area contributed by atoms with Crippen LogP contribution in [0, 0.1) is 0 Å². The number of aliphatic imine (C=N–C) groups is 1. The molecular formula is C5H5NO2S. The van der Waals surface area contributed by atoms with Gasteiger partial charge in [0.1, 0.15) is 13.2 Å². The van der Waals surface area contributed by atoms with Crippen molar-refractivity contribution in [3.8, 4) is 0 Å². The van der Waals surface area contributed by atoms with E-state index in [1.54, 1.807) is 6.08 Å². The summed E-state index contributed by atoms with van der Waals surface area (Å²) in [5.74, 6) is 0.701. The average molecular weight is 143 g/mol. The van der Waals surface area contributed by atoms with Crippen LogP contribution in [-0.4, -0.2) is 18.3 Å². The third-order valence-electron chi connectivity index (χ3n) is 0.844. The lowest BCUT2D eigenvalue weighted by Gasteiger charge is -1.92. The summed E-state index contributed by atoms with van der Waals surface area (Å²) in [6, 6.07) is 0. The molecule has 9 heavy (non-hydrogen) atoms. The fourth-order valence-corrected chi connectivity index (χ4v) is 0.536. The second-order valence-corrected chi connectivity index (χ2v) is 1.63. The summed E-state index contributed by atoms with van der Waals surface area (Å²) in [5.41, 5.74) is 0. The summed E-state index contributed by atoms with van der Waals surface area (Å²) in [6.07, 6.45) is 1.80. The van der Waals surface area contributed by atoms with Gasteiger partial charge in [0.15, 0.2) is 5.76 Å². The van der Waals surface area contributed by atoms with E-state index in [9.17, 15) is 0 Å². The van der Waals surface area contributed by atoms with E-state index in [-0.39, 0.29) is 0 Å². The highest BCUT2D eigenvalue weighted by molar-refractivity contribution is 7.78. The SMILES string of the molecule is S=C=NCC1=CCOO1. The largest absolute Gasteiger partial charge is 0.340 e. The Kier molecular flexibility index (Phi) is 2.39. The molecule has 0 bridgehead atoms. The first-order valence-electron chi connectivity index (χ1n) is 2.45. The van der Waals surface area contributed by atoms with Crippen LogP contribution in [0.4, 0.5) is 0 Å². The lowest BCUT2D eigenvalue weighted by molar-refractivity contribution is -0.233. The predicted molar refractivity (Wildman–Crippen MR) is 35.0 cm³/mol. The van der Waals surface area contributed by atoms with Gasteiger partial charge in [-0.2, -0.15) is 4.89 Å². The molecule has 0 saturated carbocycles. The first-order chi connectivity index (χ1) is 4.43. The Bertz CT molecular complexity index is 172. The second-order valence-electron chi connectivity index (χ2n) is 1.45. The molecule has 0 aliphatic carbocycles. The zero-order valence-electron chi connectivity index (χ0n) is 4.66. The molecule has 1 aliphatic rings. The van der Waals surface area contributed by atoms with Crippen LogP contribution in [0.1, 0.15) is 0 Å². The van der Waals surface area contributed by atoms with Gasteiger partial charge in [0.2, 0.25) is 0 Å². The summed E-state index contributed by atoms with van der Waals surface area (Å²) in [7, 11) is 0. The standard InChI is InChI=1S/C5H5NO2S/c9-4-6-3-5-1-2-7-8-5/h1H,2-3H2. The van der Waals surface area contributed by atoms with Crippen molar-refractivity contribution in [3.63, 3.8) is 0 Å². The van der Waals surface area contributed by atoms with Gasteiger partial charge in [-0.3, -0.25) is 0 Å². The molecule has 0 aromatic carbocycles. The Morgan fingerprint density at radius 1 is 1.89 bits per heavy atom. The van der Waals surface area contributed by atoms with Crippen molar-refractivity contribution < 1.29 is 9.78 Å². The molecule has 0 radical (unpaired) electrons. The summed E-state index contributed by atoms with van der Waals surface area (Å²) in [4.78, 5) is 12.8. The van der Waals surface area contributed by atoms with Crippen molar-refractivity contribution in [1.29, 1.82) is 0 Å². The van der Waals surface area contributed by atoms with Crippen LogP contribution >= 0.6 is 12.2 Å². The first kappa shape index (κ1) is 6.42. The highest BCUT2D eigenvalue weighted by Gasteiger charge is 2.03. The molecule has 3 nitrogen and oxygen atoms in total. The fraction of sp³-hybridized carbons (Fsp3) is 0.400. The minimum absolute atomic E-state index is 0.434. The number of hydrogen-bond donors (Lipinski definition) is 0. The van der Waals surface area contributed by atoms with E-state index in [4.69, 9.17) is 0 Å². The zero-order chi connectivity index (χ0) is 6.53. The minimum atomic E-state index is 0.434. The van der Waals surface area contributed by atoms with E-state index >= 15 is 0 Å². The smallest absolute Gasteiger partial charge is 0.163 e. The lowest BCUT2D eigenvalue weighted by Crippen LogP contribution is -1.86. The molecular weight excluding hydrogens is 138 g/mol. The van der Waals surface area contributed by atoms with Crippen molar-refractivity contribution in [2.45, 2.75) is 0 Å². The fourth-order valence-electron chi connectivity index (χ4n) is 0.472. The maximum absolute atomic E-state index is 4.64. The highest BCUT2D eigenvalue weighted by Crippen LogP contribution is 2.05. The molecule has 0 N–H and O–H groups in total. The molecule has 0 amide bonds. The van der Waals surface area contributed by atoms with Gasteiger partial charge in [-0.05, 0) is 18.3 Å². The van der Waals surface area contributed by atoms with Gasteiger partial charge in [0.05, 0.1) is 5.16 Å². The Balaban J connectivity index is 2.34. The summed E-state index contributed by atoms with van der Waals surface area (Å²) in [6.45, 7) is 0.936. The van der Waals surface area contributed by atoms with Crippen LogP contribution in [0.25, 0.3) is 0 Å². The van der Waals surface area contributed by atoms with Gasteiger partial charge in [-0.15, -0.1) is 0 Å². The summed E-state index contributed by atoms with van der Waals surface area (Å²) < 4.78 is 0. The van der Waals surface area contributed by atoms with E-state index in [1.807, 2.05) is 0 Å². The second kappa shape index (κ2) is 3.35. The Morgan fingerprint density at radius 3 is 3.33 bits per heavy atom. The van der Waals surface area contributed by atoms with Gasteiger partial charge in [-0.25, -0.2) is 4.99 Å². The molecule has 1 aliphatic heterocycles. The van der Waals surface area contributed by atoms with Crippen molar-refractivity contribution >= 4 is 17.4 Å². The minimum Gasteiger partial charge on any atom is -0.340 e. The van der Waals surface area contributed by atoms with Gasteiger partial charge in [-0.1, -0.05) is 0 Å². The van der Waals surface area contributed by atoms with Crippen LogP contribution in [0.5, 0.6) is 0 Å². The quantitative estimate of drug-likeness (QED) is 0.327. The Hall–Kier alpha value is -0.700. The summed E-state index contributed by atoms with van der Waals surface area (Å²) >= 11 is 4.35. The normalized spacial score (nSPS) is 15.8. The molecule has 48 valence electrons. The molecule has 4 heteroatoms. The van der Waals surface area contributed by atoms with Crippen molar-refractivity contribution in [2.75, 3.05) is 13.2 Å². The van der Waals surface area contributed by atoms with Crippen molar-refractivity contribution in [3.05, 3.63) is 11.8 Å². The molecule has 0 atom stereocenters.